The number of aliphatic imine (C=N–C) groups is 1. The molecule has 0 fully saturated rings. The molecular formula is C19H15F2N3O. The van der Waals surface area contributed by atoms with E-state index in [-0.39, 0.29) is 11.7 Å². The lowest BCUT2D eigenvalue weighted by Crippen LogP contribution is -2.19. The van der Waals surface area contributed by atoms with Crippen LogP contribution in [0.15, 0.2) is 53.5 Å². The molecule has 25 heavy (non-hydrogen) atoms. The average molecular weight is 339 g/mol. The van der Waals surface area contributed by atoms with Gasteiger partial charge in [-0.3, -0.25) is 9.79 Å². The van der Waals surface area contributed by atoms with E-state index in [2.05, 4.69) is 10.3 Å². The monoisotopic (exact) mass is 339 g/mol. The Morgan fingerprint density at radius 1 is 1.12 bits per heavy atom. The Morgan fingerprint density at radius 2 is 1.92 bits per heavy atom. The number of fused-ring (bicyclic) bond motifs is 1. The summed E-state index contributed by atoms with van der Waals surface area (Å²) in [6.45, 7) is 1.38. The Labute approximate surface area is 143 Å². The van der Waals surface area contributed by atoms with Crippen LogP contribution in [0.3, 0.4) is 0 Å². The summed E-state index contributed by atoms with van der Waals surface area (Å²) in [7, 11) is 0. The zero-order chi connectivity index (χ0) is 17.4. The summed E-state index contributed by atoms with van der Waals surface area (Å²) in [5.41, 5.74) is 2.07. The molecule has 2 aromatic carbocycles. The highest BCUT2D eigenvalue weighted by Crippen LogP contribution is 2.32. The Hall–Kier alpha value is -3.02. The zero-order valence-electron chi connectivity index (χ0n) is 13.2. The van der Waals surface area contributed by atoms with Gasteiger partial charge in [0.1, 0.15) is 17.6 Å². The smallest absolute Gasteiger partial charge is 0.237 e. The number of carbonyl (C=O) groups excluding carboxylic acids is 1. The van der Waals surface area contributed by atoms with E-state index in [0.717, 1.165) is 0 Å². The highest BCUT2D eigenvalue weighted by atomic mass is 19.1. The molecule has 1 unspecified atom stereocenters. The molecule has 2 aromatic rings. The highest BCUT2D eigenvalue weighted by Gasteiger charge is 2.29. The molecule has 126 valence electrons. The summed E-state index contributed by atoms with van der Waals surface area (Å²) in [6.07, 6.45) is 5.44. The molecule has 0 aliphatic carbocycles. The Bertz CT molecular complexity index is 900. The number of rotatable bonds is 3. The minimum Gasteiger partial charge on any atom is -0.362 e. The van der Waals surface area contributed by atoms with Gasteiger partial charge in [-0.25, -0.2) is 8.78 Å². The van der Waals surface area contributed by atoms with Crippen LogP contribution >= 0.6 is 0 Å². The second-order valence-corrected chi connectivity index (χ2v) is 5.99. The molecule has 0 saturated heterocycles. The van der Waals surface area contributed by atoms with Crippen molar-refractivity contribution < 1.29 is 13.6 Å². The van der Waals surface area contributed by atoms with Gasteiger partial charge < -0.3 is 10.2 Å². The number of hydrogen-bond donors (Lipinski definition) is 1. The third-order valence-electron chi connectivity index (χ3n) is 4.35. The van der Waals surface area contributed by atoms with Crippen LogP contribution in [0.2, 0.25) is 0 Å². The molecule has 1 atom stereocenters. The van der Waals surface area contributed by atoms with Crippen LogP contribution in [0.5, 0.6) is 0 Å². The topological polar surface area (TPSA) is 44.7 Å². The van der Waals surface area contributed by atoms with E-state index in [4.69, 9.17) is 0 Å². The number of amides is 1. The third kappa shape index (κ3) is 2.91. The third-order valence-corrected chi connectivity index (χ3v) is 4.35. The van der Waals surface area contributed by atoms with Gasteiger partial charge >= 0.3 is 0 Å². The molecule has 0 spiro atoms. The summed E-state index contributed by atoms with van der Waals surface area (Å²) in [5, 5.41) is 2.62. The summed E-state index contributed by atoms with van der Waals surface area (Å²) in [4.78, 5) is 18.2. The van der Waals surface area contributed by atoms with Crippen molar-refractivity contribution in [2.45, 2.75) is 5.92 Å². The van der Waals surface area contributed by atoms with Gasteiger partial charge in [-0.2, -0.15) is 0 Å². The molecule has 0 bridgehead atoms. The van der Waals surface area contributed by atoms with Crippen molar-refractivity contribution in [3.8, 4) is 0 Å². The predicted octanol–water partition coefficient (Wildman–Crippen LogP) is 3.78. The van der Waals surface area contributed by atoms with Crippen LogP contribution in [0, 0.1) is 11.6 Å². The maximum atomic E-state index is 14.3. The summed E-state index contributed by atoms with van der Waals surface area (Å²) < 4.78 is 27.5. The standard InChI is InChI=1S/C19H15F2N3O/c20-12-3-5-14-15(19(25)23-17(14)9-12)11-22-13-4-6-18(16(21)10-13)24-7-1-2-8-24/h1-6,9-11,15H,7-8H2,(H,23,25). The maximum absolute atomic E-state index is 14.3. The Kier molecular flexibility index (Phi) is 3.80. The number of hydrogen-bond acceptors (Lipinski definition) is 3. The van der Waals surface area contributed by atoms with Crippen LogP contribution in [-0.2, 0) is 4.79 Å². The van der Waals surface area contributed by atoms with E-state index in [0.29, 0.717) is 35.7 Å². The van der Waals surface area contributed by atoms with Crippen molar-refractivity contribution >= 4 is 29.2 Å². The first-order valence-corrected chi connectivity index (χ1v) is 7.96. The molecule has 2 aliphatic rings. The van der Waals surface area contributed by atoms with E-state index in [9.17, 15) is 13.6 Å². The van der Waals surface area contributed by atoms with Gasteiger partial charge in [0.15, 0.2) is 0 Å². The molecule has 6 heteroatoms. The fourth-order valence-electron chi connectivity index (χ4n) is 3.08. The fourth-order valence-corrected chi connectivity index (χ4v) is 3.08. The van der Waals surface area contributed by atoms with Gasteiger partial charge in [0.05, 0.1) is 11.4 Å². The number of carbonyl (C=O) groups is 1. The molecule has 4 nitrogen and oxygen atoms in total. The molecule has 0 saturated carbocycles. The molecule has 0 radical (unpaired) electrons. The van der Waals surface area contributed by atoms with Crippen molar-refractivity contribution in [1.29, 1.82) is 0 Å². The van der Waals surface area contributed by atoms with Crippen molar-refractivity contribution in [3.05, 3.63) is 65.7 Å². The van der Waals surface area contributed by atoms with Crippen LogP contribution in [0.25, 0.3) is 0 Å². The highest BCUT2D eigenvalue weighted by molar-refractivity contribution is 6.12. The lowest BCUT2D eigenvalue weighted by Gasteiger charge is -2.18. The lowest BCUT2D eigenvalue weighted by atomic mass is 10.0. The normalized spacial score (nSPS) is 18.9. The number of nitrogens with one attached hydrogen (secondary N) is 1. The molecule has 1 N–H and O–H groups in total. The molecule has 4 rings (SSSR count). The van der Waals surface area contributed by atoms with Crippen LogP contribution < -0.4 is 10.2 Å². The second-order valence-electron chi connectivity index (χ2n) is 5.99. The number of halogens is 2. The van der Waals surface area contributed by atoms with Gasteiger partial charge in [0, 0.05) is 31.1 Å². The number of anilines is 2. The molecule has 2 aliphatic heterocycles. The molecular weight excluding hydrogens is 324 g/mol. The Balaban J connectivity index is 1.56. The molecule has 0 aromatic heterocycles. The van der Waals surface area contributed by atoms with E-state index in [1.807, 2.05) is 17.1 Å². The Morgan fingerprint density at radius 3 is 2.68 bits per heavy atom. The second kappa shape index (κ2) is 6.12. The first-order chi connectivity index (χ1) is 12.1. The SMILES string of the molecule is O=C1Nc2cc(F)ccc2C1C=Nc1ccc(N2CC=CC2)c(F)c1. The van der Waals surface area contributed by atoms with Crippen molar-refractivity contribution in [3.63, 3.8) is 0 Å². The van der Waals surface area contributed by atoms with Gasteiger partial charge in [0.25, 0.3) is 0 Å². The van der Waals surface area contributed by atoms with Gasteiger partial charge in [-0.15, -0.1) is 0 Å². The van der Waals surface area contributed by atoms with E-state index < -0.39 is 11.7 Å². The van der Waals surface area contributed by atoms with E-state index >= 15 is 0 Å². The average Bonchev–Trinajstić information content (AvgIpc) is 3.20. The minimum atomic E-state index is -0.610. The molecule has 1 amide bonds. The summed E-state index contributed by atoms with van der Waals surface area (Å²) in [6, 6.07) is 8.89. The first-order valence-electron chi connectivity index (χ1n) is 7.96. The lowest BCUT2D eigenvalue weighted by molar-refractivity contribution is -0.115. The van der Waals surface area contributed by atoms with Crippen molar-refractivity contribution in [2.24, 2.45) is 4.99 Å². The quantitative estimate of drug-likeness (QED) is 0.683. The largest absolute Gasteiger partial charge is 0.362 e. The predicted molar refractivity (Wildman–Crippen MR) is 93.7 cm³/mol. The summed E-state index contributed by atoms with van der Waals surface area (Å²) >= 11 is 0. The molecule has 2 heterocycles. The van der Waals surface area contributed by atoms with Gasteiger partial charge in [0.2, 0.25) is 5.91 Å². The van der Waals surface area contributed by atoms with E-state index in [1.54, 1.807) is 18.2 Å². The number of nitrogens with zero attached hydrogens (tertiary/aromatic N) is 2. The fraction of sp³-hybridized carbons (Fsp3) is 0.158. The first kappa shape index (κ1) is 15.5. The minimum absolute atomic E-state index is 0.274. The van der Waals surface area contributed by atoms with Crippen LogP contribution in [0.4, 0.5) is 25.8 Å². The number of benzene rings is 2. The maximum Gasteiger partial charge on any atom is 0.237 e. The van der Waals surface area contributed by atoms with Crippen LogP contribution in [-0.4, -0.2) is 25.2 Å². The van der Waals surface area contributed by atoms with Gasteiger partial charge in [-0.05, 0) is 29.8 Å². The van der Waals surface area contributed by atoms with Crippen molar-refractivity contribution in [1.82, 2.24) is 0 Å². The van der Waals surface area contributed by atoms with Crippen LogP contribution in [0.1, 0.15) is 11.5 Å². The summed E-state index contributed by atoms with van der Waals surface area (Å²) in [5.74, 6) is -1.65. The van der Waals surface area contributed by atoms with E-state index in [1.165, 1.54) is 24.4 Å². The van der Waals surface area contributed by atoms with Gasteiger partial charge in [-0.1, -0.05) is 18.2 Å². The zero-order valence-corrected chi connectivity index (χ0v) is 13.2. The van der Waals surface area contributed by atoms with Crippen molar-refractivity contribution in [2.75, 3.05) is 23.3 Å².